The molecule has 0 saturated carbocycles. The van der Waals surface area contributed by atoms with Crippen molar-refractivity contribution in [2.24, 2.45) is 0 Å². The molecule has 0 aliphatic carbocycles. The molecule has 0 spiro atoms. The van der Waals surface area contributed by atoms with Crippen LogP contribution in [-0.2, 0) is 4.74 Å². The Morgan fingerprint density at radius 2 is 2.07 bits per heavy atom. The highest BCUT2D eigenvalue weighted by molar-refractivity contribution is 7.99. The molecule has 6 nitrogen and oxygen atoms in total. The molecule has 0 amide bonds. The number of carbonyl (C=O) groups is 1. The molecule has 29 heavy (non-hydrogen) atoms. The predicted molar refractivity (Wildman–Crippen MR) is 113 cm³/mol. The third-order valence-electron chi connectivity index (χ3n) is 4.55. The fourth-order valence-electron chi connectivity index (χ4n) is 3.12. The highest BCUT2D eigenvalue weighted by Crippen LogP contribution is 2.28. The summed E-state index contributed by atoms with van der Waals surface area (Å²) in [6, 6.07) is 10.2. The van der Waals surface area contributed by atoms with E-state index in [2.05, 4.69) is 15.1 Å². The summed E-state index contributed by atoms with van der Waals surface area (Å²) in [5.41, 5.74) is 0.689. The molecular formula is C20H21FN4O2S2. The average Bonchev–Trinajstić information content (AvgIpc) is 3.42. The average molecular weight is 433 g/mol. The lowest BCUT2D eigenvalue weighted by atomic mass is 10.2. The number of thioether (sulfide) groups is 1. The van der Waals surface area contributed by atoms with Crippen molar-refractivity contribution in [2.45, 2.75) is 18.0 Å². The molecule has 0 radical (unpaired) electrons. The number of rotatable bonds is 8. The predicted octanol–water partition coefficient (Wildman–Crippen LogP) is 4.06. The van der Waals surface area contributed by atoms with Crippen LogP contribution in [0.3, 0.4) is 0 Å². The quantitative estimate of drug-likeness (QED) is 0.304. The minimum Gasteiger partial charge on any atom is -0.378 e. The molecule has 1 aromatic carbocycles. The maximum Gasteiger partial charge on any atom is 0.232 e. The van der Waals surface area contributed by atoms with Crippen molar-refractivity contribution >= 4 is 34.8 Å². The Morgan fingerprint density at radius 1 is 1.21 bits per heavy atom. The number of halogens is 1. The molecule has 1 aliphatic rings. The summed E-state index contributed by atoms with van der Waals surface area (Å²) in [4.78, 5) is 15.1. The van der Waals surface area contributed by atoms with Crippen molar-refractivity contribution in [1.29, 1.82) is 0 Å². The zero-order valence-corrected chi connectivity index (χ0v) is 17.4. The van der Waals surface area contributed by atoms with Gasteiger partial charge in [0.2, 0.25) is 5.95 Å². The second-order valence-corrected chi connectivity index (χ2v) is 8.56. The minimum absolute atomic E-state index is 0.168. The molecule has 0 unspecified atom stereocenters. The van der Waals surface area contributed by atoms with Crippen molar-refractivity contribution < 1.29 is 13.9 Å². The zero-order valence-electron chi connectivity index (χ0n) is 15.8. The van der Waals surface area contributed by atoms with Crippen LogP contribution in [0.2, 0.25) is 0 Å². The topological polar surface area (TPSA) is 60.3 Å². The first-order valence-electron chi connectivity index (χ1n) is 9.46. The van der Waals surface area contributed by atoms with Crippen LogP contribution in [0.25, 0.3) is 5.69 Å². The van der Waals surface area contributed by atoms with Crippen LogP contribution in [0.4, 0.5) is 10.3 Å². The molecule has 1 aliphatic heterocycles. The van der Waals surface area contributed by atoms with Crippen molar-refractivity contribution in [3.8, 4) is 5.69 Å². The van der Waals surface area contributed by atoms with Gasteiger partial charge in [-0.05, 0) is 36.1 Å². The lowest BCUT2D eigenvalue weighted by Gasteiger charge is -2.27. The Morgan fingerprint density at radius 3 is 2.83 bits per heavy atom. The van der Waals surface area contributed by atoms with Gasteiger partial charge in [0.1, 0.15) is 5.82 Å². The normalized spacial score (nSPS) is 14.3. The minimum atomic E-state index is -0.304. The number of thiophene rings is 1. The molecule has 0 atom stereocenters. The van der Waals surface area contributed by atoms with E-state index in [9.17, 15) is 9.18 Å². The fourth-order valence-corrected chi connectivity index (χ4v) is 4.70. The van der Waals surface area contributed by atoms with Gasteiger partial charge in [0.15, 0.2) is 10.9 Å². The van der Waals surface area contributed by atoms with E-state index in [1.165, 1.54) is 35.2 Å². The summed E-state index contributed by atoms with van der Waals surface area (Å²) < 4.78 is 21.2. The van der Waals surface area contributed by atoms with Crippen molar-refractivity contribution in [3.63, 3.8) is 0 Å². The molecule has 152 valence electrons. The SMILES string of the molecule is O=C(CCCSc1nnc(N2CCOCC2)n1-c1cccc(F)c1)c1cccs1. The Labute approximate surface area is 176 Å². The molecular weight excluding hydrogens is 411 g/mol. The van der Waals surface area contributed by atoms with Gasteiger partial charge in [-0.1, -0.05) is 23.9 Å². The number of carbonyl (C=O) groups excluding carboxylic acids is 1. The largest absolute Gasteiger partial charge is 0.378 e. The zero-order chi connectivity index (χ0) is 20.1. The van der Waals surface area contributed by atoms with Gasteiger partial charge in [0.05, 0.1) is 23.8 Å². The van der Waals surface area contributed by atoms with Crippen LogP contribution in [-0.4, -0.2) is 52.6 Å². The van der Waals surface area contributed by atoms with Gasteiger partial charge in [-0.25, -0.2) is 4.39 Å². The van der Waals surface area contributed by atoms with Gasteiger partial charge in [-0.2, -0.15) is 0 Å². The molecule has 0 bridgehead atoms. The van der Waals surface area contributed by atoms with E-state index >= 15 is 0 Å². The van der Waals surface area contributed by atoms with Gasteiger partial charge >= 0.3 is 0 Å². The van der Waals surface area contributed by atoms with Gasteiger partial charge in [-0.15, -0.1) is 21.5 Å². The molecule has 0 N–H and O–H groups in total. The lowest BCUT2D eigenvalue weighted by Crippen LogP contribution is -2.37. The molecule has 3 aromatic rings. The number of morpholine rings is 1. The number of hydrogen-bond donors (Lipinski definition) is 0. The maximum absolute atomic E-state index is 13.9. The molecule has 9 heteroatoms. The van der Waals surface area contributed by atoms with Crippen LogP contribution < -0.4 is 4.90 Å². The number of benzene rings is 1. The van der Waals surface area contributed by atoms with Crippen molar-refractivity contribution in [2.75, 3.05) is 37.0 Å². The summed E-state index contributed by atoms with van der Waals surface area (Å²) >= 11 is 3.00. The third kappa shape index (κ3) is 4.85. The van der Waals surface area contributed by atoms with Crippen LogP contribution >= 0.6 is 23.1 Å². The molecule has 1 fully saturated rings. The number of ether oxygens (including phenoxy) is 1. The number of hydrogen-bond acceptors (Lipinski definition) is 7. The first kappa shape index (κ1) is 20.1. The monoisotopic (exact) mass is 432 g/mol. The van der Waals surface area contributed by atoms with E-state index in [4.69, 9.17) is 4.74 Å². The molecule has 1 saturated heterocycles. The summed E-state index contributed by atoms with van der Waals surface area (Å²) in [7, 11) is 0. The fraction of sp³-hybridized carbons (Fsp3) is 0.350. The summed E-state index contributed by atoms with van der Waals surface area (Å²) in [6.45, 7) is 2.69. The number of aromatic nitrogens is 3. The van der Waals surface area contributed by atoms with Crippen molar-refractivity contribution in [3.05, 3.63) is 52.5 Å². The molecule has 2 aromatic heterocycles. The second kappa shape index (κ2) is 9.51. The summed E-state index contributed by atoms with van der Waals surface area (Å²) in [5.74, 6) is 1.28. The Kier molecular flexibility index (Phi) is 6.58. The summed E-state index contributed by atoms with van der Waals surface area (Å²) in [6.07, 6.45) is 1.24. The Balaban J connectivity index is 1.48. The van der Waals surface area contributed by atoms with E-state index in [1.54, 1.807) is 6.07 Å². The van der Waals surface area contributed by atoms with Crippen LogP contribution in [0.5, 0.6) is 0 Å². The highest BCUT2D eigenvalue weighted by atomic mass is 32.2. The first-order chi connectivity index (χ1) is 14.2. The van der Waals surface area contributed by atoms with Crippen LogP contribution in [0.15, 0.2) is 46.9 Å². The van der Waals surface area contributed by atoms with E-state index in [0.29, 0.717) is 49.5 Å². The maximum atomic E-state index is 13.9. The first-order valence-corrected chi connectivity index (χ1v) is 11.3. The van der Waals surface area contributed by atoms with E-state index in [1.807, 2.05) is 28.1 Å². The number of ketones is 1. The number of Topliss-reactive ketones (excluding diaryl/α,β-unsaturated/α-hetero) is 1. The lowest BCUT2D eigenvalue weighted by molar-refractivity contribution is 0.0986. The molecule has 3 heterocycles. The Hall–Kier alpha value is -2.23. The van der Waals surface area contributed by atoms with Crippen LogP contribution in [0, 0.1) is 5.82 Å². The van der Waals surface area contributed by atoms with E-state index in [-0.39, 0.29) is 11.6 Å². The third-order valence-corrected chi connectivity index (χ3v) is 6.48. The van der Waals surface area contributed by atoms with Crippen molar-refractivity contribution in [1.82, 2.24) is 14.8 Å². The van der Waals surface area contributed by atoms with Crippen LogP contribution in [0.1, 0.15) is 22.5 Å². The smallest absolute Gasteiger partial charge is 0.232 e. The summed E-state index contributed by atoms with van der Waals surface area (Å²) in [5, 5.41) is 11.3. The van der Waals surface area contributed by atoms with E-state index in [0.717, 1.165) is 17.1 Å². The highest BCUT2D eigenvalue weighted by Gasteiger charge is 2.22. The van der Waals surface area contributed by atoms with Gasteiger partial charge in [-0.3, -0.25) is 9.36 Å². The standard InChI is InChI=1S/C20H21FN4O2S2/c21-15-4-1-5-16(14-15)25-19(24-8-10-27-11-9-24)22-23-20(25)29-13-2-6-17(26)18-7-3-12-28-18/h1,3-5,7,12,14H,2,6,8-11,13H2. The van der Waals surface area contributed by atoms with Gasteiger partial charge in [0, 0.05) is 25.3 Å². The number of nitrogens with zero attached hydrogens (tertiary/aromatic N) is 4. The second-order valence-electron chi connectivity index (χ2n) is 6.55. The Bertz CT molecular complexity index is 955. The van der Waals surface area contributed by atoms with Gasteiger partial charge < -0.3 is 9.64 Å². The van der Waals surface area contributed by atoms with E-state index < -0.39 is 0 Å². The molecule has 4 rings (SSSR count). The number of anilines is 1. The van der Waals surface area contributed by atoms with Gasteiger partial charge in [0.25, 0.3) is 0 Å².